The normalized spacial score (nSPS) is 13.0. The van der Waals surface area contributed by atoms with Crippen LogP contribution in [-0.2, 0) is 13.1 Å². The molecule has 0 spiro atoms. The standard InChI is InChI=1S/C17H17ClN6O.C4H10O/c1-21-7-10-5-11(18)6-12-13(10)8-24(17(12)25)15-4-2-3-14(23-15)16(20)22-9-19;1-2-3-4-5/h2-6,9,21H,7-8H2,1H3,(H3,19,20,22);5H,2-4H2,1H3. The number of hydrogen-bond acceptors (Lipinski definition) is 5. The number of aliphatic hydroxyl groups excluding tert-OH is 1. The van der Waals surface area contributed by atoms with Crippen LogP contribution in [-0.4, -0.2) is 41.8 Å². The average Bonchev–Trinajstić information content (AvgIpc) is 3.06. The van der Waals surface area contributed by atoms with Gasteiger partial charge in [0.25, 0.3) is 5.91 Å². The lowest BCUT2D eigenvalue weighted by atomic mass is 10.0. The molecule has 0 aliphatic carbocycles. The summed E-state index contributed by atoms with van der Waals surface area (Å²) in [5, 5.41) is 18.7. The minimum absolute atomic E-state index is 0.125. The van der Waals surface area contributed by atoms with Crippen LogP contribution in [0.4, 0.5) is 5.82 Å². The van der Waals surface area contributed by atoms with E-state index >= 15 is 0 Å². The third-order valence-corrected chi connectivity index (χ3v) is 4.67. The third-order valence-electron chi connectivity index (χ3n) is 4.45. The summed E-state index contributed by atoms with van der Waals surface area (Å²) in [4.78, 5) is 22.5. The third kappa shape index (κ3) is 5.63. The molecule has 0 saturated carbocycles. The minimum Gasteiger partial charge on any atom is -0.396 e. The Labute approximate surface area is 181 Å². The molecular weight excluding hydrogens is 404 g/mol. The van der Waals surface area contributed by atoms with Crippen molar-refractivity contribution in [2.24, 2.45) is 10.7 Å². The Morgan fingerprint density at radius 1 is 1.47 bits per heavy atom. The zero-order valence-corrected chi connectivity index (χ0v) is 17.9. The highest BCUT2D eigenvalue weighted by atomic mass is 35.5. The van der Waals surface area contributed by atoms with Crippen LogP contribution >= 0.6 is 11.6 Å². The highest BCUT2D eigenvalue weighted by Crippen LogP contribution is 2.32. The number of nitrogens with two attached hydrogens (primary N) is 1. The van der Waals surface area contributed by atoms with Crippen molar-refractivity contribution < 1.29 is 9.90 Å². The molecule has 0 radical (unpaired) electrons. The first-order chi connectivity index (χ1) is 14.5. The second-order valence-corrected chi connectivity index (χ2v) is 7.05. The molecule has 30 heavy (non-hydrogen) atoms. The number of pyridine rings is 1. The van der Waals surface area contributed by atoms with Gasteiger partial charge in [0.2, 0.25) is 0 Å². The molecule has 1 aromatic heterocycles. The fourth-order valence-corrected chi connectivity index (χ4v) is 3.23. The van der Waals surface area contributed by atoms with Crippen LogP contribution < -0.4 is 16.0 Å². The van der Waals surface area contributed by atoms with Crippen molar-refractivity contribution in [3.63, 3.8) is 0 Å². The number of nitrogens with one attached hydrogen (secondary N) is 2. The van der Waals surface area contributed by atoms with Gasteiger partial charge in [0.15, 0.2) is 5.84 Å². The number of aromatic nitrogens is 1. The predicted octanol–water partition coefficient (Wildman–Crippen LogP) is 2.71. The molecule has 1 aliphatic heterocycles. The second-order valence-electron chi connectivity index (χ2n) is 6.61. The quantitative estimate of drug-likeness (QED) is 0.396. The largest absolute Gasteiger partial charge is 0.396 e. The van der Waals surface area contributed by atoms with Gasteiger partial charge in [-0.15, -0.1) is 0 Å². The topological polar surface area (TPSA) is 128 Å². The molecule has 9 heteroatoms. The number of aliphatic imine (C=N–C) groups is 1. The molecule has 5 N–H and O–H groups in total. The number of halogens is 1. The number of benzene rings is 1. The van der Waals surface area contributed by atoms with Crippen molar-refractivity contribution in [3.8, 4) is 0 Å². The number of amidine groups is 1. The number of rotatable bonds is 7. The Bertz CT molecular complexity index is 930. The Kier molecular flexibility index (Phi) is 8.91. The number of hydrogen-bond donors (Lipinski definition) is 4. The first-order valence-electron chi connectivity index (χ1n) is 9.65. The van der Waals surface area contributed by atoms with E-state index < -0.39 is 0 Å². The van der Waals surface area contributed by atoms with Gasteiger partial charge in [-0.1, -0.05) is 31.0 Å². The second kappa shape index (κ2) is 11.4. The average molecular weight is 431 g/mol. The van der Waals surface area contributed by atoms with Crippen LogP contribution in [0.2, 0.25) is 5.02 Å². The lowest BCUT2D eigenvalue weighted by Crippen LogP contribution is -2.25. The van der Waals surface area contributed by atoms with Crippen molar-refractivity contribution in [2.45, 2.75) is 32.9 Å². The lowest BCUT2D eigenvalue weighted by Gasteiger charge is -2.15. The summed E-state index contributed by atoms with van der Waals surface area (Å²) < 4.78 is 0. The summed E-state index contributed by atoms with van der Waals surface area (Å²) >= 11 is 6.16. The SMILES string of the molecule is CCCCO.CNCc1cc(Cl)cc2c1CN(c1cccc(C(N)=NC=N)n1)C2=O. The fraction of sp³-hybridized carbons (Fsp3) is 0.333. The van der Waals surface area contributed by atoms with E-state index in [4.69, 9.17) is 27.9 Å². The number of unbranched alkanes of at least 4 members (excludes halogenated alkanes) is 1. The van der Waals surface area contributed by atoms with Gasteiger partial charge in [0.05, 0.1) is 6.54 Å². The predicted molar refractivity (Wildman–Crippen MR) is 120 cm³/mol. The number of anilines is 1. The number of aliphatic hydroxyl groups is 1. The molecule has 0 atom stereocenters. The Morgan fingerprint density at radius 2 is 2.23 bits per heavy atom. The van der Waals surface area contributed by atoms with E-state index in [2.05, 4.69) is 22.2 Å². The van der Waals surface area contributed by atoms with Gasteiger partial charge >= 0.3 is 0 Å². The molecule has 1 aromatic carbocycles. The zero-order chi connectivity index (χ0) is 22.1. The minimum atomic E-state index is -0.151. The lowest BCUT2D eigenvalue weighted by molar-refractivity contribution is 0.0996. The van der Waals surface area contributed by atoms with Crippen molar-refractivity contribution in [1.29, 1.82) is 5.41 Å². The summed E-state index contributed by atoms with van der Waals surface area (Å²) in [7, 11) is 1.85. The molecular formula is C21H27ClN6O2. The number of fused-ring (bicyclic) bond motifs is 1. The van der Waals surface area contributed by atoms with E-state index in [0.29, 0.717) is 41.8 Å². The number of amides is 1. The maximum atomic E-state index is 12.8. The van der Waals surface area contributed by atoms with Crippen LogP contribution in [0.15, 0.2) is 35.3 Å². The number of carbonyl (C=O) groups is 1. The van der Waals surface area contributed by atoms with Crippen molar-refractivity contribution in [1.82, 2.24) is 10.3 Å². The van der Waals surface area contributed by atoms with Gasteiger partial charge in [-0.2, -0.15) is 0 Å². The van der Waals surface area contributed by atoms with Crippen LogP contribution in [0.1, 0.15) is 46.9 Å². The first-order valence-corrected chi connectivity index (χ1v) is 10.0. The van der Waals surface area contributed by atoms with E-state index in [9.17, 15) is 4.79 Å². The highest BCUT2D eigenvalue weighted by Gasteiger charge is 2.31. The van der Waals surface area contributed by atoms with Crippen LogP contribution in [0.5, 0.6) is 0 Å². The monoisotopic (exact) mass is 430 g/mol. The summed E-state index contributed by atoms with van der Waals surface area (Å²) in [5.74, 6) is 0.454. The zero-order valence-electron chi connectivity index (χ0n) is 17.2. The van der Waals surface area contributed by atoms with Crippen molar-refractivity contribution in [3.05, 3.63) is 57.7 Å². The van der Waals surface area contributed by atoms with E-state index in [1.807, 2.05) is 13.1 Å². The molecule has 1 aliphatic rings. The van der Waals surface area contributed by atoms with Gasteiger partial charge in [0, 0.05) is 23.7 Å². The van der Waals surface area contributed by atoms with Crippen LogP contribution in [0.25, 0.3) is 0 Å². The van der Waals surface area contributed by atoms with Gasteiger partial charge in [0.1, 0.15) is 17.9 Å². The highest BCUT2D eigenvalue weighted by molar-refractivity contribution is 6.31. The molecule has 0 unspecified atom stereocenters. The van der Waals surface area contributed by atoms with Crippen molar-refractivity contribution in [2.75, 3.05) is 18.6 Å². The summed E-state index contributed by atoms with van der Waals surface area (Å²) in [5.41, 5.74) is 8.72. The van der Waals surface area contributed by atoms with Crippen LogP contribution in [0, 0.1) is 5.41 Å². The van der Waals surface area contributed by atoms with Gasteiger partial charge < -0.3 is 16.2 Å². The fourth-order valence-electron chi connectivity index (χ4n) is 2.99. The van der Waals surface area contributed by atoms with Crippen molar-refractivity contribution >= 4 is 35.5 Å². The van der Waals surface area contributed by atoms with Gasteiger partial charge in [-0.3, -0.25) is 15.1 Å². The summed E-state index contributed by atoms with van der Waals surface area (Å²) in [6.07, 6.45) is 2.89. The number of nitrogens with zero attached hydrogens (tertiary/aromatic N) is 3. The molecule has 0 fully saturated rings. The maximum Gasteiger partial charge on any atom is 0.260 e. The van der Waals surface area contributed by atoms with E-state index in [0.717, 1.165) is 30.3 Å². The molecule has 8 nitrogen and oxygen atoms in total. The summed E-state index contributed by atoms with van der Waals surface area (Å²) in [6, 6.07) is 8.73. The first kappa shape index (κ1) is 23.5. The number of carbonyl (C=O) groups excluding carboxylic acids is 1. The molecule has 2 aromatic rings. The van der Waals surface area contributed by atoms with Gasteiger partial charge in [-0.25, -0.2) is 9.98 Å². The Morgan fingerprint density at radius 3 is 2.83 bits per heavy atom. The van der Waals surface area contributed by atoms with Gasteiger partial charge in [-0.05, 0) is 48.9 Å². The van der Waals surface area contributed by atoms with Crippen LogP contribution in [0.3, 0.4) is 0 Å². The molecule has 0 saturated heterocycles. The smallest absolute Gasteiger partial charge is 0.260 e. The Hall–Kier alpha value is -2.81. The molecule has 1 amide bonds. The van der Waals surface area contributed by atoms with E-state index in [1.165, 1.54) is 0 Å². The Balaban J connectivity index is 0.000000575. The molecule has 0 bridgehead atoms. The van der Waals surface area contributed by atoms with E-state index in [1.54, 1.807) is 29.2 Å². The molecule has 3 rings (SSSR count). The molecule has 160 valence electrons. The van der Waals surface area contributed by atoms with E-state index in [-0.39, 0.29) is 11.7 Å². The maximum absolute atomic E-state index is 12.8. The molecule has 2 heterocycles. The summed E-state index contributed by atoms with van der Waals surface area (Å²) in [6.45, 7) is 3.43.